The summed E-state index contributed by atoms with van der Waals surface area (Å²) in [5, 5.41) is 2.82. The van der Waals surface area contributed by atoms with Gasteiger partial charge in [0, 0.05) is 24.6 Å². The molecule has 1 aromatic carbocycles. The van der Waals surface area contributed by atoms with Crippen LogP contribution in [0.25, 0.3) is 11.3 Å². The molecule has 0 spiro atoms. The highest BCUT2D eigenvalue weighted by atomic mass is 16.5. The van der Waals surface area contributed by atoms with Crippen molar-refractivity contribution in [3.05, 3.63) is 48.7 Å². The van der Waals surface area contributed by atoms with Crippen molar-refractivity contribution in [1.82, 2.24) is 4.98 Å². The minimum atomic E-state index is -0.0487. The van der Waals surface area contributed by atoms with Crippen LogP contribution >= 0.6 is 0 Å². The summed E-state index contributed by atoms with van der Waals surface area (Å²) >= 11 is 0. The summed E-state index contributed by atoms with van der Waals surface area (Å²) in [6.07, 6.45) is 2.12. The molecule has 1 aromatic heterocycles. The zero-order chi connectivity index (χ0) is 13.5. The minimum Gasteiger partial charge on any atom is -0.384 e. The lowest BCUT2D eigenvalue weighted by molar-refractivity contribution is -0.117. The quantitative estimate of drug-likeness (QED) is 0.894. The van der Waals surface area contributed by atoms with Gasteiger partial charge in [0.2, 0.25) is 5.91 Å². The van der Waals surface area contributed by atoms with E-state index in [0.717, 1.165) is 16.9 Å². The largest absolute Gasteiger partial charge is 0.384 e. The van der Waals surface area contributed by atoms with E-state index >= 15 is 0 Å². The van der Waals surface area contributed by atoms with E-state index in [2.05, 4.69) is 10.3 Å². The van der Waals surface area contributed by atoms with Crippen LogP contribution in [0.1, 0.15) is 6.42 Å². The van der Waals surface area contributed by atoms with Crippen LogP contribution in [0.15, 0.2) is 48.7 Å². The monoisotopic (exact) mass is 256 g/mol. The second kappa shape index (κ2) is 6.66. The summed E-state index contributed by atoms with van der Waals surface area (Å²) in [7, 11) is 1.58. The highest BCUT2D eigenvalue weighted by molar-refractivity contribution is 5.91. The molecule has 4 nitrogen and oxygen atoms in total. The molecule has 0 fully saturated rings. The van der Waals surface area contributed by atoms with E-state index in [4.69, 9.17) is 4.74 Å². The first-order chi connectivity index (χ1) is 9.29. The number of amides is 1. The molecule has 2 aromatic rings. The molecule has 19 heavy (non-hydrogen) atoms. The van der Waals surface area contributed by atoms with Gasteiger partial charge >= 0.3 is 0 Å². The van der Waals surface area contributed by atoms with Gasteiger partial charge in [-0.25, -0.2) is 0 Å². The first kappa shape index (κ1) is 13.2. The van der Waals surface area contributed by atoms with Gasteiger partial charge in [0.25, 0.3) is 0 Å². The Morgan fingerprint density at radius 2 is 2.00 bits per heavy atom. The number of anilines is 1. The summed E-state index contributed by atoms with van der Waals surface area (Å²) in [5.74, 6) is -0.0487. The molecule has 0 aliphatic heterocycles. The summed E-state index contributed by atoms with van der Waals surface area (Å²) in [4.78, 5) is 15.8. The Kier molecular flexibility index (Phi) is 4.64. The Morgan fingerprint density at radius 3 is 2.63 bits per heavy atom. The Bertz CT molecular complexity index is 524. The fraction of sp³-hybridized carbons (Fsp3) is 0.200. The van der Waals surface area contributed by atoms with Crippen molar-refractivity contribution < 1.29 is 9.53 Å². The van der Waals surface area contributed by atoms with Gasteiger partial charge in [0.05, 0.1) is 18.7 Å². The third-order valence-corrected chi connectivity index (χ3v) is 2.66. The van der Waals surface area contributed by atoms with E-state index in [1.54, 1.807) is 13.3 Å². The van der Waals surface area contributed by atoms with Crippen molar-refractivity contribution in [3.8, 4) is 11.3 Å². The Balaban J connectivity index is 2.01. The van der Waals surface area contributed by atoms with Crippen LogP contribution in [0.5, 0.6) is 0 Å². The minimum absolute atomic E-state index is 0.0487. The second-order valence-corrected chi connectivity index (χ2v) is 4.08. The maximum absolute atomic E-state index is 11.5. The van der Waals surface area contributed by atoms with Crippen LogP contribution in [0.2, 0.25) is 0 Å². The Morgan fingerprint density at radius 1 is 1.21 bits per heavy atom. The SMILES string of the molecule is COCCC(=O)Nc1ccc(-c2ccccn2)cc1. The van der Waals surface area contributed by atoms with Crippen molar-refractivity contribution in [2.75, 3.05) is 19.0 Å². The van der Waals surface area contributed by atoms with Gasteiger partial charge in [-0.05, 0) is 24.3 Å². The third kappa shape index (κ3) is 3.89. The van der Waals surface area contributed by atoms with Gasteiger partial charge in [-0.15, -0.1) is 0 Å². The van der Waals surface area contributed by atoms with E-state index in [1.807, 2.05) is 42.5 Å². The third-order valence-electron chi connectivity index (χ3n) is 2.66. The van der Waals surface area contributed by atoms with Gasteiger partial charge in [0.15, 0.2) is 0 Å². The number of pyridine rings is 1. The van der Waals surface area contributed by atoms with Crippen LogP contribution in [0, 0.1) is 0 Å². The number of carbonyl (C=O) groups excluding carboxylic acids is 1. The maximum Gasteiger partial charge on any atom is 0.226 e. The molecule has 0 aliphatic rings. The number of rotatable bonds is 5. The fourth-order valence-electron chi connectivity index (χ4n) is 1.68. The van der Waals surface area contributed by atoms with Crippen molar-refractivity contribution in [2.45, 2.75) is 6.42 Å². The number of hydrogen-bond acceptors (Lipinski definition) is 3. The number of nitrogens with zero attached hydrogens (tertiary/aromatic N) is 1. The molecule has 98 valence electrons. The molecule has 2 rings (SSSR count). The van der Waals surface area contributed by atoms with Crippen molar-refractivity contribution in [3.63, 3.8) is 0 Å². The lowest BCUT2D eigenvalue weighted by Crippen LogP contribution is -2.13. The van der Waals surface area contributed by atoms with Gasteiger partial charge < -0.3 is 10.1 Å². The number of aromatic nitrogens is 1. The Labute approximate surface area is 112 Å². The highest BCUT2D eigenvalue weighted by Crippen LogP contribution is 2.18. The van der Waals surface area contributed by atoms with E-state index in [9.17, 15) is 4.79 Å². The topological polar surface area (TPSA) is 51.2 Å². The summed E-state index contributed by atoms with van der Waals surface area (Å²) in [6.45, 7) is 0.428. The predicted molar refractivity (Wildman–Crippen MR) is 74.8 cm³/mol. The predicted octanol–water partition coefficient (Wildman–Crippen LogP) is 2.72. The normalized spacial score (nSPS) is 10.2. The summed E-state index contributed by atoms with van der Waals surface area (Å²) in [6, 6.07) is 13.4. The van der Waals surface area contributed by atoms with Crippen molar-refractivity contribution in [2.24, 2.45) is 0 Å². The number of ether oxygens (including phenoxy) is 1. The van der Waals surface area contributed by atoms with Gasteiger partial charge in [-0.1, -0.05) is 18.2 Å². The molecule has 0 radical (unpaired) electrons. The van der Waals surface area contributed by atoms with Crippen LogP contribution < -0.4 is 5.32 Å². The van der Waals surface area contributed by atoms with Crippen LogP contribution in [-0.2, 0) is 9.53 Å². The Hall–Kier alpha value is -2.20. The van der Waals surface area contributed by atoms with Gasteiger partial charge in [-0.2, -0.15) is 0 Å². The summed E-state index contributed by atoms with van der Waals surface area (Å²) < 4.78 is 4.86. The van der Waals surface area contributed by atoms with Crippen molar-refractivity contribution in [1.29, 1.82) is 0 Å². The molecule has 0 aliphatic carbocycles. The molecule has 1 amide bonds. The molecule has 4 heteroatoms. The molecule has 0 bridgehead atoms. The zero-order valence-corrected chi connectivity index (χ0v) is 10.8. The first-order valence-corrected chi connectivity index (χ1v) is 6.10. The zero-order valence-electron chi connectivity index (χ0n) is 10.8. The maximum atomic E-state index is 11.5. The molecule has 0 unspecified atom stereocenters. The van der Waals surface area contributed by atoms with Crippen LogP contribution in [0.3, 0.4) is 0 Å². The smallest absolute Gasteiger partial charge is 0.226 e. The number of carbonyl (C=O) groups is 1. The average molecular weight is 256 g/mol. The second-order valence-electron chi connectivity index (χ2n) is 4.08. The average Bonchev–Trinajstić information content (AvgIpc) is 2.47. The number of benzene rings is 1. The number of methoxy groups -OCH3 is 1. The molecule has 1 heterocycles. The molecule has 1 N–H and O–H groups in total. The van der Waals surface area contributed by atoms with Crippen LogP contribution in [-0.4, -0.2) is 24.6 Å². The molecular weight excluding hydrogens is 240 g/mol. The van der Waals surface area contributed by atoms with Gasteiger partial charge in [0.1, 0.15) is 0 Å². The van der Waals surface area contributed by atoms with E-state index in [-0.39, 0.29) is 5.91 Å². The first-order valence-electron chi connectivity index (χ1n) is 6.10. The lowest BCUT2D eigenvalue weighted by Gasteiger charge is -2.06. The fourth-order valence-corrected chi connectivity index (χ4v) is 1.68. The van der Waals surface area contributed by atoms with E-state index in [0.29, 0.717) is 13.0 Å². The lowest BCUT2D eigenvalue weighted by atomic mass is 10.1. The molecule has 0 saturated carbocycles. The van der Waals surface area contributed by atoms with E-state index in [1.165, 1.54) is 0 Å². The highest BCUT2D eigenvalue weighted by Gasteiger charge is 2.02. The van der Waals surface area contributed by atoms with Crippen LogP contribution in [0.4, 0.5) is 5.69 Å². The standard InChI is InChI=1S/C15H16N2O2/c1-19-11-9-15(18)17-13-7-5-12(6-8-13)14-4-2-3-10-16-14/h2-8,10H,9,11H2,1H3,(H,17,18). The molecule has 0 atom stereocenters. The van der Waals surface area contributed by atoms with E-state index < -0.39 is 0 Å². The molecule has 0 saturated heterocycles. The van der Waals surface area contributed by atoms with Gasteiger partial charge in [-0.3, -0.25) is 9.78 Å². The van der Waals surface area contributed by atoms with Crippen molar-refractivity contribution >= 4 is 11.6 Å². The molecular formula is C15H16N2O2. The summed E-state index contributed by atoms with van der Waals surface area (Å²) in [5.41, 5.74) is 2.72. The number of hydrogen-bond donors (Lipinski definition) is 1. The number of nitrogens with one attached hydrogen (secondary N) is 1.